The molecule has 1 amide bonds. The molecular formula is C19H21F3N4O2. The molecule has 9 heteroatoms. The van der Waals surface area contributed by atoms with E-state index in [9.17, 15) is 18.0 Å². The summed E-state index contributed by atoms with van der Waals surface area (Å²) in [5, 5.41) is 6.15. The van der Waals surface area contributed by atoms with Crippen LogP contribution in [0, 0.1) is 0 Å². The molecule has 3 rings (SSSR count). The highest BCUT2D eigenvalue weighted by molar-refractivity contribution is 5.94. The van der Waals surface area contributed by atoms with Crippen LogP contribution in [0.1, 0.15) is 15.9 Å². The van der Waals surface area contributed by atoms with E-state index in [0.29, 0.717) is 17.9 Å². The van der Waals surface area contributed by atoms with Crippen LogP contribution in [0.15, 0.2) is 42.6 Å². The molecule has 1 aromatic carbocycles. The normalized spacial score (nSPS) is 15.2. The van der Waals surface area contributed by atoms with E-state index in [-0.39, 0.29) is 11.8 Å². The van der Waals surface area contributed by atoms with Gasteiger partial charge < -0.3 is 15.4 Å². The first-order chi connectivity index (χ1) is 13.4. The molecule has 6 nitrogen and oxygen atoms in total. The number of piperazine rings is 1. The number of nitrogens with one attached hydrogen (secondary N) is 2. The van der Waals surface area contributed by atoms with Crippen LogP contribution in [0.3, 0.4) is 0 Å². The average Bonchev–Trinajstić information content (AvgIpc) is 2.69. The van der Waals surface area contributed by atoms with Gasteiger partial charge in [-0.05, 0) is 30.3 Å². The average molecular weight is 394 g/mol. The van der Waals surface area contributed by atoms with Gasteiger partial charge in [0.05, 0.1) is 5.56 Å². The van der Waals surface area contributed by atoms with Gasteiger partial charge in [-0.3, -0.25) is 9.69 Å². The van der Waals surface area contributed by atoms with Gasteiger partial charge in [0.1, 0.15) is 5.75 Å². The van der Waals surface area contributed by atoms with E-state index in [4.69, 9.17) is 4.74 Å². The van der Waals surface area contributed by atoms with Gasteiger partial charge in [0.25, 0.3) is 5.91 Å². The first-order valence-corrected chi connectivity index (χ1v) is 8.94. The number of hydrogen-bond donors (Lipinski definition) is 2. The zero-order chi connectivity index (χ0) is 20.0. The summed E-state index contributed by atoms with van der Waals surface area (Å²) in [7, 11) is 0. The zero-order valence-electron chi connectivity index (χ0n) is 15.1. The highest BCUT2D eigenvalue weighted by Crippen LogP contribution is 2.30. The number of benzene rings is 1. The number of rotatable bonds is 6. The molecule has 2 aromatic rings. The summed E-state index contributed by atoms with van der Waals surface area (Å²) < 4.78 is 43.0. The highest BCUT2D eigenvalue weighted by Gasteiger charge is 2.30. The third-order valence-electron chi connectivity index (χ3n) is 4.33. The number of hydrogen-bond acceptors (Lipinski definition) is 5. The van der Waals surface area contributed by atoms with Crippen molar-refractivity contribution >= 4 is 5.91 Å². The van der Waals surface area contributed by atoms with Gasteiger partial charge in [0, 0.05) is 57.1 Å². The number of ether oxygens (including phenoxy) is 1. The predicted octanol–water partition coefficient (Wildman–Crippen LogP) is 2.53. The monoisotopic (exact) mass is 394 g/mol. The third kappa shape index (κ3) is 5.67. The van der Waals surface area contributed by atoms with E-state index in [1.807, 2.05) is 0 Å². The van der Waals surface area contributed by atoms with Crippen molar-refractivity contribution in [1.82, 2.24) is 20.5 Å². The molecule has 1 fully saturated rings. The predicted molar refractivity (Wildman–Crippen MR) is 97.4 cm³/mol. The summed E-state index contributed by atoms with van der Waals surface area (Å²) in [5.74, 6) is 0.236. The fourth-order valence-corrected chi connectivity index (χ4v) is 2.77. The molecule has 1 aliphatic heterocycles. The Morgan fingerprint density at radius 1 is 1.14 bits per heavy atom. The number of aromatic nitrogens is 1. The van der Waals surface area contributed by atoms with Crippen molar-refractivity contribution in [1.29, 1.82) is 0 Å². The molecule has 0 atom stereocenters. The molecule has 0 aliphatic carbocycles. The number of alkyl halides is 3. The Labute approximate surface area is 160 Å². The summed E-state index contributed by atoms with van der Waals surface area (Å²) in [6.07, 6.45) is -3.72. The lowest BCUT2D eigenvalue weighted by molar-refractivity contribution is -0.137. The molecule has 0 saturated carbocycles. The fraction of sp³-hybridized carbons (Fsp3) is 0.368. The fourth-order valence-electron chi connectivity index (χ4n) is 2.77. The van der Waals surface area contributed by atoms with Gasteiger partial charge in [-0.2, -0.15) is 13.2 Å². The molecule has 150 valence electrons. The van der Waals surface area contributed by atoms with Crippen molar-refractivity contribution in [3.8, 4) is 11.6 Å². The van der Waals surface area contributed by atoms with Crippen LogP contribution in [0.25, 0.3) is 0 Å². The summed E-state index contributed by atoms with van der Waals surface area (Å²) >= 11 is 0. The summed E-state index contributed by atoms with van der Waals surface area (Å²) in [5.41, 5.74) is -0.360. The second-order valence-electron chi connectivity index (χ2n) is 6.36. The van der Waals surface area contributed by atoms with Crippen molar-refractivity contribution in [2.24, 2.45) is 0 Å². The highest BCUT2D eigenvalue weighted by atomic mass is 19.4. The van der Waals surface area contributed by atoms with Crippen molar-refractivity contribution < 1.29 is 22.7 Å². The van der Waals surface area contributed by atoms with E-state index in [0.717, 1.165) is 51.1 Å². The Morgan fingerprint density at radius 2 is 1.86 bits per heavy atom. The lowest BCUT2D eigenvalue weighted by Gasteiger charge is -2.27. The minimum absolute atomic E-state index is 0.0428. The van der Waals surface area contributed by atoms with E-state index in [2.05, 4.69) is 20.5 Å². The Balaban J connectivity index is 1.49. The summed E-state index contributed by atoms with van der Waals surface area (Å²) in [6, 6.07) is 8.40. The zero-order valence-corrected chi connectivity index (χ0v) is 15.1. The molecule has 2 N–H and O–H groups in total. The van der Waals surface area contributed by atoms with E-state index in [1.54, 1.807) is 24.3 Å². The largest absolute Gasteiger partial charge is 0.439 e. The van der Waals surface area contributed by atoms with Crippen LogP contribution in [0.4, 0.5) is 13.2 Å². The molecule has 1 aliphatic rings. The number of carbonyl (C=O) groups excluding carboxylic acids is 1. The summed E-state index contributed by atoms with van der Waals surface area (Å²) in [6.45, 7) is 5.23. The van der Waals surface area contributed by atoms with Crippen LogP contribution in [-0.4, -0.2) is 55.1 Å². The maximum atomic E-state index is 12.5. The second-order valence-corrected chi connectivity index (χ2v) is 6.36. The van der Waals surface area contributed by atoms with E-state index < -0.39 is 11.7 Å². The van der Waals surface area contributed by atoms with E-state index in [1.165, 1.54) is 0 Å². The summed E-state index contributed by atoms with van der Waals surface area (Å²) in [4.78, 5) is 18.1. The number of pyridine rings is 1. The minimum Gasteiger partial charge on any atom is -0.439 e. The van der Waals surface area contributed by atoms with Crippen LogP contribution >= 0.6 is 0 Å². The molecule has 1 aromatic heterocycles. The van der Waals surface area contributed by atoms with E-state index >= 15 is 0 Å². The molecule has 1 saturated heterocycles. The maximum absolute atomic E-state index is 12.5. The molecule has 0 unspecified atom stereocenters. The van der Waals surface area contributed by atoms with Crippen LogP contribution in [-0.2, 0) is 6.18 Å². The molecule has 0 spiro atoms. The first-order valence-electron chi connectivity index (χ1n) is 8.94. The van der Waals surface area contributed by atoms with Crippen LogP contribution in [0.5, 0.6) is 11.6 Å². The minimum atomic E-state index is -4.44. The van der Waals surface area contributed by atoms with Crippen LogP contribution < -0.4 is 15.4 Å². The Hall–Kier alpha value is -2.65. The lowest BCUT2D eigenvalue weighted by atomic mass is 10.2. The van der Waals surface area contributed by atoms with Crippen molar-refractivity contribution in [2.75, 3.05) is 39.3 Å². The Morgan fingerprint density at radius 3 is 2.46 bits per heavy atom. The molecule has 28 heavy (non-hydrogen) atoms. The Kier molecular flexibility index (Phi) is 6.48. The topological polar surface area (TPSA) is 66.5 Å². The number of carbonyl (C=O) groups is 1. The maximum Gasteiger partial charge on any atom is 0.417 e. The van der Waals surface area contributed by atoms with Gasteiger partial charge in [0.15, 0.2) is 0 Å². The lowest BCUT2D eigenvalue weighted by Crippen LogP contribution is -2.46. The molecule has 2 heterocycles. The smallest absolute Gasteiger partial charge is 0.417 e. The SMILES string of the molecule is O=C(NCCN1CCNCC1)c1ccc(Oc2ccc(C(F)(F)F)cn2)cc1. The molecule has 0 radical (unpaired) electrons. The van der Waals surface area contributed by atoms with Gasteiger partial charge in [-0.1, -0.05) is 0 Å². The quantitative estimate of drug-likeness (QED) is 0.788. The van der Waals surface area contributed by atoms with Crippen molar-refractivity contribution in [2.45, 2.75) is 6.18 Å². The standard InChI is InChI=1S/C19H21F3N4O2/c20-19(21,22)15-3-6-17(25-13-15)28-16-4-1-14(2-5-16)18(27)24-9-12-26-10-7-23-8-11-26/h1-6,13,23H,7-12H2,(H,24,27). The Bertz CT molecular complexity index is 773. The number of halogens is 3. The number of amides is 1. The van der Waals surface area contributed by atoms with Gasteiger partial charge >= 0.3 is 6.18 Å². The third-order valence-corrected chi connectivity index (χ3v) is 4.33. The first kappa shape index (κ1) is 20.1. The van der Waals surface area contributed by atoms with Crippen LogP contribution in [0.2, 0.25) is 0 Å². The van der Waals surface area contributed by atoms with Gasteiger partial charge in [0.2, 0.25) is 5.88 Å². The number of nitrogens with zero attached hydrogens (tertiary/aromatic N) is 2. The van der Waals surface area contributed by atoms with Crippen molar-refractivity contribution in [3.63, 3.8) is 0 Å². The second kappa shape index (κ2) is 9.03. The molecule has 0 bridgehead atoms. The van der Waals surface area contributed by atoms with Crippen molar-refractivity contribution in [3.05, 3.63) is 53.7 Å². The van der Waals surface area contributed by atoms with Gasteiger partial charge in [-0.15, -0.1) is 0 Å². The molecular weight excluding hydrogens is 373 g/mol. The van der Waals surface area contributed by atoms with Gasteiger partial charge in [-0.25, -0.2) is 4.98 Å².